The molecule has 2 bridgehead atoms. The van der Waals surface area contributed by atoms with Gasteiger partial charge in [-0.3, -0.25) is 4.79 Å². The molecule has 0 spiro atoms. The minimum atomic E-state index is -1.11. The SMILES string of the molecule is O=C(COC1CCC(Cl)C(F)C1)NC12CCC(C3NNC(C4CCC(Cl)C(F)C4)O3)(CC1)C(O)C2. The van der Waals surface area contributed by atoms with Gasteiger partial charge in [0.15, 0.2) is 0 Å². The Labute approximate surface area is 215 Å². The van der Waals surface area contributed by atoms with Crippen LogP contribution in [0.3, 0.4) is 0 Å². The highest BCUT2D eigenvalue weighted by Gasteiger charge is 2.60. The van der Waals surface area contributed by atoms with Crippen LogP contribution in [0.4, 0.5) is 8.78 Å². The molecule has 1 saturated heterocycles. The predicted octanol–water partition coefficient (Wildman–Crippen LogP) is 3.20. The van der Waals surface area contributed by atoms with Crippen LogP contribution in [0, 0.1) is 11.3 Å². The van der Waals surface area contributed by atoms with Crippen molar-refractivity contribution in [2.75, 3.05) is 6.61 Å². The van der Waals surface area contributed by atoms with Crippen LogP contribution >= 0.6 is 23.2 Å². The summed E-state index contributed by atoms with van der Waals surface area (Å²) in [5.41, 5.74) is 5.49. The van der Waals surface area contributed by atoms with Crippen molar-refractivity contribution in [3.8, 4) is 0 Å². The predicted molar refractivity (Wildman–Crippen MR) is 127 cm³/mol. The third kappa shape index (κ3) is 5.33. The van der Waals surface area contributed by atoms with E-state index in [9.17, 15) is 18.7 Å². The van der Waals surface area contributed by atoms with Gasteiger partial charge in [0.25, 0.3) is 0 Å². The Hall–Kier alpha value is -0.290. The molecule has 35 heavy (non-hydrogen) atoms. The molecule has 4 N–H and O–H groups in total. The van der Waals surface area contributed by atoms with E-state index < -0.39 is 40.2 Å². The van der Waals surface area contributed by atoms with Gasteiger partial charge < -0.3 is 19.9 Å². The van der Waals surface area contributed by atoms with E-state index in [2.05, 4.69) is 16.2 Å². The topological polar surface area (TPSA) is 91.9 Å². The zero-order chi connectivity index (χ0) is 24.8. The third-order valence-corrected chi connectivity index (χ3v) is 10.2. The number of aliphatic hydroxyl groups excluding tert-OH is 1. The van der Waals surface area contributed by atoms with Gasteiger partial charge in [0.05, 0.1) is 23.0 Å². The van der Waals surface area contributed by atoms with Crippen molar-refractivity contribution in [1.29, 1.82) is 0 Å². The molecule has 11 heteroatoms. The Bertz CT molecular complexity index is 775. The number of alkyl halides is 4. The fourth-order valence-corrected chi connectivity index (χ4v) is 7.36. The van der Waals surface area contributed by atoms with E-state index in [0.29, 0.717) is 44.9 Å². The number of hydrogen-bond donors (Lipinski definition) is 4. The van der Waals surface area contributed by atoms with Crippen molar-refractivity contribution in [3.63, 3.8) is 0 Å². The number of halogens is 4. The van der Waals surface area contributed by atoms with Gasteiger partial charge in [-0.15, -0.1) is 23.2 Å². The normalized spacial score (nSPS) is 50.3. The van der Waals surface area contributed by atoms with Crippen LogP contribution in [0.1, 0.15) is 70.6 Å². The number of rotatable bonds is 6. The summed E-state index contributed by atoms with van der Waals surface area (Å²) in [6.07, 6.45) is 2.74. The number of carbonyl (C=O) groups excluding carboxylic acids is 1. The van der Waals surface area contributed by atoms with E-state index in [1.807, 2.05) is 0 Å². The van der Waals surface area contributed by atoms with Crippen LogP contribution in [0.2, 0.25) is 0 Å². The molecular formula is C24H37Cl2F2N3O4. The lowest BCUT2D eigenvalue weighted by atomic mass is 9.55. The zero-order valence-electron chi connectivity index (χ0n) is 19.9. The van der Waals surface area contributed by atoms with Crippen molar-refractivity contribution in [2.45, 2.75) is 124 Å². The van der Waals surface area contributed by atoms with Crippen LogP contribution in [0.15, 0.2) is 0 Å². The summed E-state index contributed by atoms with van der Waals surface area (Å²) in [4.78, 5) is 12.7. The molecule has 6 fully saturated rings. The molecule has 5 saturated carbocycles. The van der Waals surface area contributed by atoms with E-state index in [1.54, 1.807) is 0 Å². The van der Waals surface area contributed by atoms with Gasteiger partial charge in [0.2, 0.25) is 5.91 Å². The fourth-order valence-electron chi connectivity index (χ4n) is 6.90. The monoisotopic (exact) mass is 539 g/mol. The molecule has 0 radical (unpaired) electrons. The van der Waals surface area contributed by atoms with Crippen molar-refractivity contribution >= 4 is 29.1 Å². The number of ether oxygens (including phenoxy) is 2. The molecule has 1 heterocycles. The molecule has 5 aliphatic carbocycles. The molecule has 9 unspecified atom stereocenters. The Kier molecular flexibility index (Phi) is 7.87. The Morgan fingerprint density at radius 1 is 1.03 bits per heavy atom. The Balaban J connectivity index is 1.12. The number of amides is 1. The first kappa shape index (κ1) is 26.3. The molecule has 6 rings (SSSR count). The average molecular weight is 540 g/mol. The smallest absolute Gasteiger partial charge is 0.246 e. The molecule has 9 atom stereocenters. The number of fused-ring (bicyclic) bond motifs is 3. The minimum Gasteiger partial charge on any atom is -0.392 e. The standard InChI is InChI=1S/C24H37Cl2F2N3O4/c25-15-3-1-13(9-17(15)27)21-30-31-22(35-21)24-7-5-23(6-8-24,11-19(24)32)29-20(33)12-34-14-2-4-16(26)18(28)10-14/h13-19,21-22,30-32H,1-12H2,(H,29,33). The summed E-state index contributed by atoms with van der Waals surface area (Å²) in [5.74, 6) is -0.202. The second-order valence-corrected chi connectivity index (χ2v) is 12.5. The van der Waals surface area contributed by atoms with Gasteiger partial charge in [0, 0.05) is 23.3 Å². The van der Waals surface area contributed by atoms with Crippen molar-refractivity contribution < 1.29 is 28.2 Å². The quantitative estimate of drug-likeness (QED) is 0.387. The molecule has 1 amide bonds. The van der Waals surface area contributed by atoms with Crippen molar-refractivity contribution in [2.24, 2.45) is 11.3 Å². The fraction of sp³-hybridized carbons (Fsp3) is 0.958. The summed E-state index contributed by atoms with van der Waals surface area (Å²) in [6, 6.07) is 0. The van der Waals surface area contributed by atoms with E-state index in [0.717, 1.165) is 19.3 Å². The second-order valence-electron chi connectivity index (χ2n) is 11.4. The number of carbonyl (C=O) groups is 1. The van der Waals surface area contributed by atoms with Crippen molar-refractivity contribution in [3.05, 3.63) is 0 Å². The van der Waals surface area contributed by atoms with Gasteiger partial charge in [0.1, 0.15) is 31.4 Å². The number of hydrogen-bond acceptors (Lipinski definition) is 6. The van der Waals surface area contributed by atoms with E-state index >= 15 is 0 Å². The highest BCUT2D eigenvalue weighted by atomic mass is 35.5. The summed E-state index contributed by atoms with van der Waals surface area (Å²) >= 11 is 12.0. The number of nitrogens with one attached hydrogen (secondary N) is 3. The Morgan fingerprint density at radius 3 is 2.37 bits per heavy atom. The first-order valence-electron chi connectivity index (χ1n) is 13.0. The van der Waals surface area contributed by atoms with Gasteiger partial charge in [-0.1, -0.05) is 0 Å². The number of aliphatic hydroxyl groups is 1. The molecule has 0 aromatic carbocycles. The maximum Gasteiger partial charge on any atom is 0.246 e. The molecule has 0 aromatic heterocycles. The van der Waals surface area contributed by atoms with Gasteiger partial charge in [-0.25, -0.2) is 19.6 Å². The van der Waals surface area contributed by atoms with Crippen LogP contribution in [0.25, 0.3) is 0 Å². The van der Waals surface area contributed by atoms with E-state index in [-0.39, 0.29) is 43.4 Å². The van der Waals surface area contributed by atoms with Crippen LogP contribution in [-0.4, -0.2) is 70.9 Å². The average Bonchev–Trinajstić information content (AvgIpc) is 3.33. The molecule has 0 aromatic rings. The summed E-state index contributed by atoms with van der Waals surface area (Å²) < 4.78 is 40.0. The third-order valence-electron chi connectivity index (χ3n) is 9.21. The van der Waals surface area contributed by atoms with Crippen LogP contribution in [0.5, 0.6) is 0 Å². The van der Waals surface area contributed by atoms with Gasteiger partial charge in [-0.05, 0) is 64.2 Å². The lowest BCUT2D eigenvalue weighted by molar-refractivity contribution is -0.178. The van der Waals surface area contributed by atoms with E-state index in [4.69, 9.17) is 32.7 Å². The lowest BCUT2D eigenvalue weighted by Gasteiger charge is -2.57. The number of hydrazine groups is 1. The van der Waals surface area contributed by atoms with Crippen molar-refractivity contribution in [1.82, 2.24) is 16.2 Å². The van der Waals surface area contributed by atoms with E-state index in [1.165, 1.54) is 0 Å². The second kappa shape index (κ2) is 10.5. The van der Waals surface area contributed by atoms with Gasteiger partial charge >= 0.3 is 0 Å². The zero-order valence-corrected chi connectivity index (χ0v) is 21.4. The summed E-state index contributed by atoms with van der Waals surface area (Å²) in [6.45, 7) is -0.119. The largest absolute Gasteiger partial charge is 0.392 e. The summed E-state index contributed by atoms with van der Waals surface area (Å²) in [7, 11) is 0. The summed E-state index contributed by atoms with van der Waals surface area (Å²) in [5, 5.41) is 13.4. The molecular weight excluding hydrogens is 503 g/mol. The minimum absolute atomic E-state index is 0.0313. The van der Waals surface area contributed by atoms with Crippen LogP contribution < -0.4 is 16.2 Å². The van der Waals surface area contributed by atoms with Crippen LogP contribution in [-0.2, 0) is 14.3 Å². The highest BCUT2D eigenvalue weighted by Crippen LogP contribution is 2.55. The molecule has 200 valence electrons. The lowest BCUT2D eigenvalue weighted by Crippen LogP contribution is -2.66. The molecule has 7 nitrogen and oxygen atoms in total. The first-order valence-corrected chi connectivity index (χ1v) is 13.9. The first-order chi connectivity index (χ1) is 16.7. The highest BCUT2D eigenvalue weighted by molar-refractivity contribution is 6.21. The maximum atomic E-state index is 14.1. The molecule has 6 aliphatic rings. The van der Waals surface area contributed by atoms with Gasteiger partial charge in [-0.2, -0.15) is 0 Å². The molecule has 1 aliphatic heterocycles. The maximum absolute atomic E-state index is 14.1. The Morgan fingerprint density at radius 2 is 1.71 bits per heavy atom.